The third-order valence-electron chi connectivity index (χ3n) is 5.97. The summed E-state index contributed by atoms with van der Waals surface area (Å²) in [6.07, 6.45) is -2.90. The van der Waals surface area contributed by atoms with Gasteiger partial charge in [0.2, 0.25) is 11.3 Å². The first-order chi connectivity index (χ1) is 16.8. The second-order valence-corrected chi connectivity index (χ2v) is 8.08. The Morgan fingerprint density at radius 3 is 2.46 bits per heavy atom. The molecule has 4 aromatic rings. The maximum absolute atomic E-state index is 15.0. The van der Waals surface area contributed by atoms with Crippen molar-refractivity contribution in [2.24, 2.45) is 0 Å². The molecular weight excluding hydrogens is 468 g/mol. The smallest absolute Gasteiger partial charge is 0.378 e. The molecule has 11 heteroatoms. The van der Waals surface area contributed by atoms with Crippen LogP contribution in [-0.2, 0) is 17.5 Å². The van der Waals surface area contributed by atoms with Gasteiger partial charge < -0.3 is 18.7 Å². The predicted molar refractivity (Wildman–Crippen MR) is 121 cm³/mol. The molecule has 1 aliphatic heterocycles. The first-order valence-electron chi connectivity index (χ1n) is 11.0. The quantitative estimate of drug-likeness (QED) is 0.387. The van der Waals surface area contributed by atoms with Crippen LogP contribution in [0.4, 0.5) is 23.2 Å². The molecule has 0 radical (unpaired) electrons. The molecule has 2 aromatic heterocycles. The number of anilines is 1. The molecule has 0 saturated carbocycles. The average Bonchev–Trinajstić information content (AvgIpc) is 3.34. The van der Waals surface area contributed by atoms with Gasteiger partial charge in [0.05, 0.1) is 30.0 Å². The van der Waals surface area contributed by atoms with Gasteiger partial charge in [0.1, 0.15) is 11.4 Å². The van der Waals surface area contributed by atoms with Crippen LogP contribution in [0.25, 0.3) is 33.7 Å². The first-order valence-corrected chi connectivity index (χ1v) is 11.0. The third-order valence-corrected chi connectivity index (χ3v) is 5.97. The number of rotatable bonds is 4. The van der Waals surface area contributed by atoms with Crippen LogP contribution in [0.3, 0.4) is 0 Å². The van der Waals surface area contributed by atoms with Gasteiger partial charge in [-0.1, -0.05) is 17.3 Å². The van der Waals surface area contributed by atoms with Crippen LogP contribution in [0.1, 0.15) is 12.5 Å². The molecule has 2 aromatic carbocycles. The molecule has 0 spiro atoms. The van der Waals surface area contributed by atoms with E-state index < -0.39 is 23.0 Å². The van der Waals surface area contributed by atoms with Crippen LogP contribution in [0.2, 0.25) is 0 Å². The number of benzene rings is 2. The van der Waals surface area contributed by atoms with E-state index in [2.05, 4.69) is 10.1 Å². The maximum Gasteiger partial charge on any atom is 0.416 e. The topological polar surface area (TPSA) is 73.4 Å². The average molecular weight is 488 g/mol. The van der Waals surface area contributed by atoms with Crippen molar-refractivity contribution in [1.82, 2.24) is 14.7 Å². The zero-order chi connectivity index (χ0) is 24.7. The van der Waals surface area contributed by atoms with E-state index in [9.17, 15) is 18.0 Å². The number of halogens is 4. The van der Waals surface area contributed by atoms with Crippen LogP contribution in [0.5, 0.6) is 0 Å². The number of ether oxygens (including phenoxy) is 1. The molecule has 0 atom stereocenters. The fourth-order valence-electron chi connectivity index (χ4n) is 4.12. The van der Waals surface area contributed by atoms with Crippen molar-refractivity contribution in [3.63, 3.8) is 0 Å². The lowest BCUT2D eigenvalue weighted by Crippen LogP contribution is -2.36. The first kappa shape index (κ1) is 23.0. The number of aromatic nitrogens is 3. The molecule has 1 saturated heterocycles. The number of nitrogens with zero attached hydrogens (tertiary/aromatic N) is 4. The van der Waals surface area contributed by atoms with Crippen molar-refractivity contribution in [2.45, 2.75) is 19.6 Å². The van der Waals surface area contributed by atoms with E-state index in [-0.39, 0.29) is 22.7 Å². The Labute approximate surface area is 196 Å². The largest absolute Gasteiger partial charge is 0.416 e. The predicted octanol–water partition coefficient (Wildman–Crippen LogP) is 4.73. The molecule has 1 fully saturated rings. The van der Waals surface area contributed by atoms with Crippen molar-refractivity contribution in [1.29, 1.82) is 0 Å². The van der Waals surface area contributed by atoms with Crippen molar-refractivity contribution >= 4 is 16.6 Å². The van der Waals surface area contributed by atoms with Gasteiger partial charge >= 0.3 is 6.18 Å². The summed E-state index contributed by atoms with van der Waals surface area (Å²) in [7, 11) is 0. The zero-order valence-electron chi connectivity index (χ0n) is 18.6. The molecule has 5 rings (SSSR count). The lowest BCUT2D eigenvalue weighted by Gasteiger charge is -2.29. The molecule has 182 valence electrons. The van der Waals surface area contributed by atoms with Crippen molar-refractivity contribution in [2.75, 3.05) is 31.2 Å². The Balaban J connectivity index is 1.56. The molecule has 7 nitrogen and oxygen atoms in total. The number of fused-ring (bicyclic) bond motifs is 1. The second-order valence-electron chi connectivity index (χ2n) is 8.08. The number of pyridine rings is 1. The van der Waals surface area contributed by atoms with Gasteiger partial charge in [0, 0.05) is 36.8 Å². The molecule has 0 amide bonds. The third kappa shape index (κ3) is 4.27. The fraction of sp³-hybridized carbons (Fsp3) is 0.292. The lowest BCUT2D eigenvalue weighted by atomic mass is 10.1. The van der Waals surface area contributed by atoms with Crippen molar-refractivity contribution in [3.05, 3.63) is 64.2 Å². The number of aryl methyl sites for hydroxylation is 1. The van der Waals surface area contributed by atoms with E-state index >= 15 is 4.39 Å². The summed E-state index contributed by atoms with van der Waals surface area (Å²) in [6.45, 7) is 4.45. The van der Waals surface area contributed by atoms with Gasteiger partial charge in [-0.05, 0) is 31.2 Å². The summed E-state index contributed by atoms with van der Waals surface area (Å²) in [5.74, 6) is -0.593. The summed E-state index contributed by atoms with van der Waals surface area (Å²) >= 11 is 0. The highest BCUT2D eigenvalue weighted by molar-refractivity contribution is 5.86. The van der Waals surface area contributed by atoms with Crippen LogP contribution in [0, 0.1) is 5.82 Å². The molecule has 35 heavy (non-hydrogen) atoms. The molecule has 0 N–H and O–H groups in total. The van der Waals surface area contributed by atoms with Gasteiger partial charge in [-0.2, -0.15) is 18.2 Å². The minimum absolute atomic E-state index is 0.0325. The van der Waals surface area contributed by atoms with Crippen molar-refractivity contribution < 1.29 is 26.8 Å². The lowest BCUT2D eigenvalue weighted by molar-refractivity contribution is -0.137. The normalized spacial score (nSPS) is 14.6. The summed E-state index contributed by atoms with van der Waals surface area (Å²) in [5, 5.41) is 3.98. The van der Waals surface area contributed by atoms with Crippen molar-refractivity contribution in [3.8, 4) is 22.8 Å². The standard InChI is InChI=1S/C24H20F4N4O3/c1-2-31-13-17(23-29-22(30-35-23)14-3-5-15(6-4-14)24(26,27)28)21(33)16-11-18(25)20(12-19(16)31)32-7-9-34-10-8-32/h3-6,11-13H,2,7-10H2,1H3. The van der Waals surface area contributed by atoms with Gasteiger partial charge in [-0.3, -0.25) is 4.79 Å². The van der Waals surface area contributed by atoms with Crippen LogP contribution >= 0.6 is 0 Å². The van der Waals surface area contributed by atoms with Crippen LogP contribution < -0.4 is 10.3 Å². The minimum Gasteiger partial charge on any atom is -0.378 e. The highest BCUT2D eigenvalue weighted by atomic mass is 19.4. The Hall–Kier alpha value is -3.73. The monoisotopic (exact) mass is 488 g/mol. The van der Waals surface area contributed by atoms with Crippen LogP contribution in [0.15, 0.2) is 51.9 Å². The second kappa shape index (κ2) is 8.81. The van der Waals surface area contributed by atoms with Gasteiger partial charge in [-0.15, -0.1) is 0 Å². The Kier molecular flexibility index (Phi) is 5.79. The number of hydrogen-bond acceptors (Lipinski definition) is 6. The van der Waals surface area contributed by atoms with Gasteiger partial charge in [0.15, 0.2) is 0 Å². The highest BCUT2D eigenvalue weighted by Crippen LogP contribution is 2.31. The summed E-state index contributed by atoms with van der Waals surface area (Å²) in [4.78, 5) is 19.4. The highest BCUT2D eigenvalue weighted by Gasteiger charge is 2.30. The summed E-state index contributed by atoms with van der Waals surface area (Å²) in [6, 6.07) is 7.16. The molecule has 0 bridgehead atoms. The van der Waals surface area contributed by atoms with Gasteiger partial charge in [-0.25, -0.2) is 4.39 Å². The van der Waals surface area contributed by atoms with Gasteiger partial charge in [0.25, 0.3) is 5.89 Å². The molecule has 1 aliphatic rings. The van der Waals surface area contributed by atoms with E-state index in [1.807, 2.05) is 11.8 Å². The number of hydrogen-bond donors (Lipinski definition) is 0. The number of morpholine rings is 1. The number of alkyl halides is 3. The molecular formula is C24H20F4N4O3. The molecule has 3 heterocycles. The fourth-order valence-corrected chi connectivity index (χ4v) is 4.12. The van der Waals surface area contributed by atoms with E-state index in [0.29, 0.717) is 49.6 Å². The minimum atomic E-state index is -4.46. The van der Waals surface area contributed by atoms with E-state index in [0.717, 1.165) is 12.1 Å². The van der Waals surface area contributed by atoms with E-state index in [4.69, 9.17) is 9.26 Å². The Bertz CT molecular complexity index is 1440. The Morgan fingerprint density at radius 1 is 1.09 bits per heavy atom. The zero-order valence-corrected chi connectivity index (χ0v) is 18.6. The molecule has 0 aliphatic carbocycles. The molecule has 0 unspecified atom stereocenters. The SMILES string of the molecule is CCn1cc(-c2nc(-c3ccc(C(F)(F)F)cc3)no2)c(=O)c2cc(F)c(N3CCOCC3)cc21. The Morgan fingerprint density at radius 2 is 1.80 bits per heavy atom. The van der Waals surface area contributed by atoms with Crippen LogP contribution in [-0.4, -0.2) is 41.0 Å². The summed E-state index contributed by atoms with van der Waals surface area (Å²) in [5.41, 5.74) is 0.0436. The van der Waals surface area contributed by atoms with E-state index in [1.165, 1.54) is 18.2 Å². The summed E-state index contributed by atoms with van der Waals surface area (Å²) < 4.78 is 65.9. The maximum atomic E-state index is 15.0. The van der Waals surface area contributed by atoms with E-state index in [1.54, 1.807) is 16.8 Å².